The van der Waals surface area contributed by atoms with Gasteiger partial charge in [0.15, 0.2) is 0 Å². The number of alkyl halides is 1. The van der Waals surface area contributed by atoms with Crippen LogP contribution < -0.4 is 16.0 Å². The molecule has 102 valence electrons. The Kier molecular flexibility index (Phi) is 5.81. The third kappa shape index (κ3) is 5.39. The van der Waals surface area contributed by atoms with Gasteiger partial charge in [-0.25, -0.2) is 0 Å². The Balaban J connectivity index is 2.55. The minimum Gasteiger partial charge on any atom is -0.347 e. The van der Waals surface area contributed by atoms with Gasteiger partial charge in [-0.2, -0.15) is 0 Å². The van der Waals surface area contributed by atoms with Crippen molar-refractivity contribution >= 4 is 40.7 Å². The van der Waals surface area contributed by atoms with E-state index < -0.39 is 11.8 Å². The van der Waals surface area contributed by atoms with Crippen LogP contribution in [0.3, 0.4) is 0 Å². The molecule has 0 bridgehead atoms. The van der Waals surface area contributed by atoms with Gasteiger partial charge in [0.1, 0.15) is 0 Å². The van der Waals surface area contributed by atoms with Crippen LogP contribution in [0.4, 0.5) is 11.4 Å². The Labute approximate surface area is 115 Å². The number of anilines is 2. The van der Waals surface area contributed by atoms with Gasteiger partial charge < -0.3 is 16.0 Å². The van der Waals surface area contributed by atoms with Gasteiger partial charge in [-0.15, -0.1) is 11.6 Å². The zero-order valence-electron chi connectivity index (χ0n) is 10.3. The van der Waals surface area contributed by atoms with Crippen molar-refractivity contribution in [3.8, 4) is 0 Å². The average Bonchev–Trinajstić information content (AvgIpc) is 2.37. The van der Waals surface area contributed by atoms with Crippen molar-refractivity contribution in [3.05, 3.63) is 24.3 Å². The van der Waals surface area contributed by atoms with Gasteiger partial charge in [0.25, 0.3) is 0 Å². The fourth-order valence-electron chi connectivity index (χ4n) is 1.27. The number of halogens is 1. The average molecular weight is 284 g/mol. The number of carbonyl (C=O) groups excluding carboxylic acids is 3. The minimum absolute atomic E-state index is 0.183. The zero-order chi connectivity index (χ0) is 14.3. The number of carbonyl (C=O) groups is 3. The number of amides is 3. The van der Waals surface area contributed by atoms with Crippen LogP contribution in [0.25, 0.3) is 0 Å². The molecule has 0 aromatic heterocycles. The maximum absolute atomic E-state index is 11.4. The van der Waals surface area contributed by atoms with E-state index in [2.05, 4.69) is 16.0 Å². The van der Waals surface area contributed by atoms with Gasteiger partial charge in [-0.1, -0.05) is 0 Å². The molecule has 1 aromatic rings. The first-order valence-corrected chi connectivity index (χ1v) is 6.09. The van der Waals surface area contributed by atoms with Crippen LogP contribution in [0.1, 0.15) is 6.92 Å². The summed E-state index contributed by atoms with van der Waals surface area (Å²) in [5.41, 5.74) is 1.07. The second kappa shape index (κ2) is 7.38. The predicted octanol–water partition coefficient (Wildman–Crippen LogP) is 0.938. The van der Waals surface area contributed by atoms with Crippen LogP contribution in [0.2, 0.25) is 0 Å². The highest BCUT2D eigenvalue weighted by Crippen LogP contribution is 2.13. The van der Waals surface area contributed by atoms with Gasteiger partial charge >= 0.3 is 11.8 Å². The van der Waals surface area contributed by atoms with Crippen LogP contribution in [0, 0.1) is 0 Å². The van der Waals surface area contributed by atoms with Crippen molar-refractivity contribution in [2.24, 2.45) is 0 Å². The second-order valence-corrected chi connectivity index (χ2v) is 4.04. The van der Waals surface area contributed by atoms with E-state index in [1.165, 1.54) is 6.92 Å². The maximum atomic E-state index is 11.4. The Bertz CT molecular complexity index is 474. The summed E-state index contributed by atoms with van der Waals surface area (Å²) < 4.78 is 0. The summed E-state index contributed by atoms with van der Waals surface area (Å²) in [5, 5.41) is 7.36. The molecule has 1 rings (SSSR count). The van der Waals surface area contributed by atoms with Crippen LogP contribution in [0.5, 0.6) is 0 Å². The van der Waals surface area contributed by atoms with Crippen molar-refractivity contribution in [1.82, 2.24) is 5.32 Å². The van der Waals surface area contributed by atoms with Crippen molar-refractivity contribution in [2.45, 2.75) is 6.92 Å². The van der Waals surface area contributed by atoms with Gasteiger partial charge in [-0.3, -0.25) is 14.4 Å². The highest BCUT2D eigenvalue weighted by Gasteiger charge is 2.12. The van der Waals surface area contributed by atoms with Crippen LogP contribution in [-0.2, 0) is 14.4 Å². The summed E-state index contributed by atoms with van der Waals surface area (Å²) in [6.45, 7) is 1.63. The molecule has 6 nitrogen and oxygen atoms in total. The van der Waals surface area contributed by atoms with Crippen LogP contribution in [0.15, 0.2) is 24.3 Å². The van der Waals surface area contributed by atoms with E-state index in [0.717, 1.165) is 0 Å². The zero-order valence-corrected chi connectivity index (χ0v) is 11.1. The molecular formula is C12H14ClN3O3. The van der Waals surface area contributed by atoms with Crippen molar-refractivity contribution < 1.29 is 14.4 Å². The highest BCUT2D eigenvalue weighted by atomic mass is 35.5. The Morgan fingerprint density at radius 2 is 1.53 bits per heavy atom. The van der Waals surface area contributed by atoms with Gasteiger partial charge in [0.2, 0.25) is 5.91 Å². The first-order valence-electron chi connectivity index (χ1n) is 5.55. The third-order valence-electron chi connectivity index (χ3n) is 2.05. The molecule has 3 amide bonds. The summed E-state index contributed by atoms with van der Waals surface area (Å²) in [7, 11) is 0. The molecule has 0 atom stereocenters. The Morgan fingerprint density at radius 3 is 2.00 bits per heavy atom. The maximum Gasteiger partial charge on any atom is 0.313 e. The monoisotopic (exact) mass is 283 g/mol. The van der Waals surface area contributed by atoms with E-state index >= 15 is 0 Å². The molecule has 1 aromatic carbocycles. The Morgan fingerprint density at radius 1 is 1.00 bits per heavy atom. The first-order chi connectivity index (χ1) is 9.02. The van der Waals surface area contributed by atoms with Crippen molar-refractivity contribution in [3.63, 3.8) is 0 Å². The molecule has 0 saturated heterocycles. The lowest BCUT2D eigenvalue weighted by Crippen LogP contribution is -2.36. The molecule has 3 N–H and O–H groups in total. The summed E-state index contributed by atoms with van der Waals surface area (Å²) >= 11 is 5.39. The smallest absolute Gasteiger partial charge is 0.313 e. The van der Waals surface area contributed by atoms with E-state index in [4.69, 9.17) is 11.6 Å². The van der Waals surface area contributed by atoms with Crippen molar-refractivity contribution in [2.75, 3.05) is 23.1 Å². The molecule has 0 saturated carbocycles. The summed E-state index contributed by atoms with van der Waals surface area (Å²) in [4.78, 5) is 33.5. The fraction of sp³-hybridized carbons (Fsp3) is 0.250. The lowest BCUT2D eigenvalue weighted by molar-refractivity contribution is -0.136. The van der Waals surface area contributed by atoms with Gasteiger partial charge in [0.05, 0.1) is 0 Å². The van der Waals surface area contributed by atoms with Crippen LogP contribution in [-0.4, -0.2) is 30.1 Å². The number of hydrogen-bond donors (Lipinski definition) is 3. The largest absolute Gasteiger partial charge is 0.347 e. The molecule has 7 heteroatoms. The topological polar surface area (TPSA) is 87.3 Å². The minimum atomic E-state index is -0.766. The second-order valence-electron chi connectivity index (χ2n) is 3.66. The Hall–Kier alpha value is -2.08. The lowest BCUT2D eigenvalue weighted by Gasteiger charge is -2.06. The summed E-state index contributed by atoms with van der Waals surface area (Å²) in [6, 6.07) is 6.40. The number of benzene rings is 1. The summed E-state index contributed by atoms with van der Waals surface area (Å²) in [5.74, 6) is -1.45. The first kappa shape index (κ1) is 15.0. The van der Waals surface area contributed by atoms with E-state index in [0.29, 0.717) is 11.4 Å². The standard InChI is InChI=1S/C12H14ClN3O3/c1-8(17)15-9-2-4-10(5-3-9)16-12(19)11(18)14-7-6-13/h2-5H,6-7H2,1H3,(H,14,18)(H,15,17)(H,16,19). The van der Waals surface area contributed by atoms with E-state index in [-0.39, 0.29) is 18.3 Å². The normalized spacial score (nSPS) is 9.58. The SMILES string of the molecule is CC(=O)Nc1ccc(NC(=O)C(=O)NCCCl)cc1. The molecule has 0 aliphatic rings. The quantitative estimate of drug-likeness (QED) is 0.568. The molecular weight excluding hydrogens is 270 g/mol. The van der Waals surface area contributed by atoms with Crippen LogP contribution >= 0.6 is 11.6 Å². The number of nitrogens with one attached hydrogen (secondary N) is 3. The molecule has 0 radical (unpaired) electrons. The summed E-state index contributed by atoms with van der Waals surface area (Å²) in [6.07, 6.45) is 0. The predicted molar refractivity (Wildman–Crippen MR) is 73.1 cm³/mol. The highest BCUT2D eigenvalue weighted by molar-refractivity contribution is 6.39. The number of hydrogen-bond acceptors (Lipinski definition) is 3. The van der Waals surface area contributed by atoms with Crippen molar-refractivity contribution in [1.29, 1.82) is 0 Å². The molecule has 0 aliphatic heterocycles. The number of rotatable bonds is 4. The van der Waals surface area contributed by atoms with E-state index in [1.807, 2.05) is 0 Å². The molecule has 0 spiro atoms. The van der Waals surface area contributed by atoms with E-state index in [1.54, 1.807) is 24.3 Å². The third-order valence-corrected chi connectivity index (χ3v) is 2.24. The van der Waals surface area contributed by atoms with E-state index in [9.17, 15) is 14.4 Å². The molecule has 0 aliphatic carbocycles. The van der Waals surface area contributed by atoms with Gasteiger partial charge in [0, 0.05) is 30.7 Å². The lowest BCUT2D eigenvalue weighted by atomic mass is 10.2. The molecule has 19 heavy (non-hydrogen) atoms. The fourth-order valence-corrected chi connectivity index (χ4v) is 1.36. The molecule has 0 fully saturated rings. The van der Waals surface area contributed by atoms with Gasteiger partial charge in [-0.05, 0) is 24.3 Å². The molecule has 0 heterocycles. The molecule has 0 unspecified atom stereocenters.